The van der Waals surface area contributed by atoms with Crippen molar-refractivity contribution in [1.82, 2.24) is 0 Å². The molecule has 0 bridgehead atoms. The molecule has 94 valence electrons. The molecule has 1 saturated carbocycles. The number of hydrogen-bond donors (Lipinski definition) is 0. The van der Waals surface area contributed by atoms with E-state index >= 15 is 0 Å². The number of benzene rings is 1. The quantitative estimate of drug-likeness (QED) is 0.686. The molecule has 0 aromatic heterocycles. The number of rotatable bonds is 3. The van der Waals surface area contributed by atoms with Crippen LogP contribution >= 0.6 is 27.5 Å². The van der Waals surface area contributed by atoms with Gasteiger partial charge in [0.1, 0.15) is 5.75 Å². The van der Waals surface area contributed by atoms with Gasteiger partial charge >= 0.3 is 0 Å². The number of ether oxygens (including phenoxy) is 1. The standard InChI is InChI=1S/C14H18BrClO/c1-14(7-3-4-8-14)13(16)10-5-6-12(17-2)11(15)9-10/h5-6,9,13H,3-4,7-8H2,1-2H3. The highest BCUT2D eigenvalue weighted by atomic mass is 79.9. The van der Waals surface area contributed by atoms with E-state index in [4.69, 9.17) is 16.3 Å². The molecule has 1 aromatic rings. The third-order valence-corrected chi connectivity index (χ3v) is 5.22. The number of hydrogen-bond acceptors (Lipinski definition) is 1. The highest BCUT2D eigenvalue weighted by Gasteiger charge is 2.36. The summed E-state index contributed by atoms with van der Waals surface area (Å²) in [7, 11) is 1.68. The van der Waals surface area contributed by atoms with Gasteiger partial charge < -0.3 is 4.74 Å². The largest absolute Gasteiger partial charge is 0.496 e. The topological polar surface area (TPSA) is 9.23 Å². The number of alkyl halides is 1. The SMILES string of the molecule is COc1ccc(C(Cl)C2(C)CCCC2)cc1Br. The maximum absolute atomic E-state index is 6.66. The van der Waals surface area contributed by atoms with Gasteiger partial charge in [-0.3, -0.25) is 0 Å². The molecule has 17 heavy (non-hydrogen) atoms. The van der Waals surface area contributed by atoms with Gasteiger partial charge in [0.05, 0.1) is 17.0 Å². The van der Waals surface area contributed by atoms with Crippen LogP contribution < -0.4 is 4.74 Å². The van der Waals surface area contributed by atoms with Crippen molar-refractivity contribution in [2.24, 2.45) is 5.41 Å². The molecule has 1 aliphatic rings. The first-order valence-electron chi connectivity index (χ1n) is 6.04. The van der Waals surface area contributed by atoms with E-state index in [1.54, 1.807) is 7.11 Å². The van der Waals surface area contributed by atoms with Crippen LogP contribution in [0.4, 0.5) is 0 Å². The predicted octanol–water partition coefficient (Wildman–Crippen LogP) is 5.32. The summed E-state index contributed by atoms with van der Waals surface area (Å²) in [5.74, 6) is 0.856. The minimum atomic E-state index is 0.0900. The van der Waals surface area contributed by atoms with Crippen LogP contribution in [0.5, 0.6) is 5.75 Å². The van der Waals surface area contributed by atoms with Crippen LogP contribution in [0.2, 0.25) is 0 Å². The molecule has 1 aliphatic carbocycles. The van der Waals surface area contributed by atoms with E-state index in [2.05, 4.69) is 35.0 Å². The van der Waals surface area contributed by atoms with Gasteiger partial charge in [-0.15, -0.1) is 11.6 Å². The van der Waals surface area contributed by atoms with E-state index in [9.17, 15) is 0 Å². The van der Waals surface area contributed by atoms with Gasteiger partial charge in [0, 0.05) is 0 Å². The normalized spacial score (nSPS) is 20.2. The molecule has 0 amide bonds. The third kappa shape index (κ3) is 2.63. The van der Waals surface area contributed by atoms with Crippen LogP contribution in [-0.4, -0.2) is 7.11 Å². The van der Waals surface area contributed by atoms with Crippen LogP contribution in [0, 0.1) is 5.41 Å². The average molecular weight is 318 g/mol. The molecule has 0 heterocycles. The van der Waals surface area contributed by atoms with Gasteiger partial charge in [-0.25, -0.2) is 0 Å². The molecule has 0 radical (unpaired) electrons. The lowest BCUT2D eigenvalue weighted by Gasteiger charge is -2.30. The van der Waals surface area contributed by atoms with Crippen molar-refractivity contribution < 1.29 is 4.74 Å². The molecule has 0 saturated heterocycles. The van der Waals surface area contributed by atoms with Gasteiger partial charge in [-0.2, -0.15) is 0 Å². The smallest absolute Gasteiger partial charge is 0.133 e. The fourth-order valence-electron chi connectivity index (χ4n) is 2.68. The Labute approximate surface area is 117 Å². The zero-order valence-electron chi connectivity index (χ0n) is 10.3. The monoisotopic (exact) mass is 316 g/mol. The molecule has 1 aromatic carbocycles. The maximum atomic E-state index is 6.66. The molecule has 1 fully saturated rings. The minimum Gasteiger partial charge on any atom is -0.496 e. The van der Waals surface area contributed by atoms with E-state index in [-0.39, 0.29) is 10.8 Å². The number of halogens is 2. The summed E-state index contributed by atoms with van der Waals surface area (Å²) in [6.07, 6.45) is 5.06. The van der Waals surface area contributed by atoms with E-state index < -0.39 is 0 Å². The van der Waals surface area contributed by atoms with Gasteiger partial charge in [0.15, 0.2) is 0 Å². The van der Waals surface area contributed by atoms with Crippen molar-refractivity contribution in [2.45, 2.75) is 38.0 Å². The van der Waals surface area contributed by atoms with Gasteiger partial charge in [-0.05, 0) is 51.9 Å². The van der Waals surface area contributed by atoms with E-state index in [1.165, 1.54) is 31.2 Å². The van der Waals surface area contributed by atoms with Crippen LogP contribution in [0.3, 0.4) is 0 Å². The Kier molecular flexibility index (Phi) is 4.04. The summed E-state index contributed by atoms with van der Waals surface area (Å²) in [6.45, 7) is 2.30. The van der Waals surface area contributed by atoms with Crippen LogP contribution in [0.15, 0.2) is 22.7 Å². The highest BCUT2D eigenvalue weighted by Crippen LogP contribution is 2.51. The molecule has 0 spiro atoms. The highest BCUT2D eigenvalue weighted by molar-refractivity contribution is 9.10. The average Bonchev–Trinajstić information content (AvgIpc) is 2.76. The maximum Gasteiger partial charge on any atom is 0.133 e. The van der Waals surface area contributed by atoms with Crippen molar-refractivity contribution in [3.63, 3.8) is 0 Å². The minimum absolute atomic E-state index is 0.0900. The van der Waals surface area contributed by atoms with Crippen molar-refractivity contribution in [1.29, 1.82) is 0 Å². The molecule has 1 unspecified atom stereocenters. The lowest BCUT2D eigenvalue weighted by atomic mass is 9.81. The first-order valence-corrected chi connectivity index (χ1v) is 7.27. The van der Waals surface area contributed by atoms with Gasteiger partial charge in [-0.1, -0.05) is 25.8 Å². The van der Waals surface area contributed by atoms with E-state index in [0.717, 1.165) is 10.2 Å². The molecule has 0 N–H and O–H groups in total. The fourth-order valence-corrected chi connectivity index (χ4v) is 3.59. The summed E-state index contributed by atoms with van der Waals surface area (Å²) in [4.78, 5) is 0. The Bertz CT molecular complexity index is 399. The van der Waals surface area contributed by atoms with Gasteiger partial charge in [0.2, 0.25) is 0 Å². The lowest BCUT2D eigenvalue weighted by molar-refractivity contribution is 0.321. The Balaban J connectivity index is 2.25. The predicted molar refractivity (Wildman–Crippen MR) is 75.9 cm³/mol. The molecule has 3 heteroatoms. The van der Waals surface area contributed by atoms with Crippen LogP contribution in [-0.2, 0) is 0 Å². The van der Waals surface area contributed by atoms with E-state index in [1.807, 2.05) is 6.07 Å². The summed E-state index contributed by atoms with van der Waals surface area (Å²) >= 11 is 10.2. The number of methoxy groups -OCH3 is 1. The molecule has 1 nitrogen and oxygen atoms in total. The lowest BCUT2D eigenvalue weighted by Crippen LogP contribution is -2.18. The Hall–Kier alpha value is -0.210. The van der Waals surface area contributed by atoms with Gasteiger partial charge in [0.25, 0.3) is 0 Å². The zero-order valence-corrected chi connectivity index (χ0v) is 12.6. The van der Waals surface area contributed by atoms with Crippen molar-refractivity contribution in [2.75, 3.05) is 7.11 Å². The fraction of sp³-hybridized carbons (Fsp3) is 0.571. The summed E-state index contributed by atoms with van der Waals surface area (Å²) < 4.78 is 6.22. The molecule has 0 aliphatic heterocycles. The first kappa shape index (κ1) is 13.2. The molecular weight excluding hydrogens is 300 g/mol. The Morgan fingerprint density at radius 3 is 2.53 bits per heavy atom. The Morgan fingerprint density at radius 2 is 2.00 bits per heavy atom. The summed E-state index contributed by atoms with van der Waals surface area (Å²) in [5.41, 5.74) is 1.43. The second-order valence-corrected chi connectivity index (χ2v) is 6.41. The second-order valence-electron chi connectivity index (χ2n) is 5.12. The van der Waals surface area contributed by atoms with Crippen LogP contribution in [0.1, 0.15) is 43.5 Å². The molecular formula is C14H18BrClO. The van der Waals surface area contributed by atoms with Crippen molar-refractivity contribution in [3.8, 4) is 5.75 Å². The summed E-state index contributed by atoms with van der Waals surface area (Å²) in [5, 5.41) is 0.0900. The molecule has 2 rings (SSSR count). The van der Waals surface area contributed by atoms with Crippen molar-refractivity contribution in [3.05, 3.63) is 28.2 Å². The third-order valence-electron chi connectivity index (χ3n) is 3.83. The van der Waals surface area contributed by atoms with Crippen LogP contribution in [0.25, 0.3) is 0 Å². The summed E-state index contributed by atoms with van der Waals surface area (Å²) in [6, 6.07) is 6.14. The molecule has 1 atom stereocenters. The van der Waals surface area contributed by atoms with E-state index in [0.29, 0.717) is 0 Å². The first-order chi connectivity index (χ1) is 8.07. The second kappa shape index (κ2) is 5.19. The van der Waals surface area contributed by atoms with Crippen molar-refractivity contribution >= 4 is 27.5 Å². The zero-order chi connectivity index (χ0) is 12.5. The Morgan fingerprint density at radius 1 is 1.35 bits per heavy atom.